The van der Waals surface area contributed by atoms with Gasteiger partial charge >= 0.3 is 6.18 Å². The van der Waals surface area contributed by atoms with Gasteiger partial charge in [-0.25, -0.2) is 0 Å². The van der Waals surface area contributed by atoms with E-state index in [1.54, 1.807) is 17.1 Å². The van der Waals surface area contributed by atoms with Gasteiger partial charge in [-0.2, -0.15) is 18.3 Å². The predicted molar refractivity (Wildman–Crippen MR) is 50.4 cm³/mol. The average Bonchev–Trinajstić information content (AvgIpc) is 2.50. The van der Waals surface area contributed by atoms with E-state index in [4.69, 9.17) is 0 Å². The molecule has 0 aliphatic heterocycles. The first kappa shape index (κ1) is 12.0. The number of halogens is 3. The van der Waals surface area contributed by atoms with Gasteiger partial charge in [0.2, 0.25) is 0 Å². The average molecular weight is 221 g/mol. The van der Waals surface area contributed by atoms with Crippen molar-refractivity contribution in [3.8, 4) is 0 Å². The molecule has 0 aliphatic carbocycles. The summed E-state index contributed by atoms with van der Waals surface area (Å²) in [5.74, 6) is 0. The molecule has 0 fully saturated rings. The van der Waals surface area contributed by atoms with Crippen molar-refractivity contribution in [3.63, 3.8) is 0 Å². The minimum atomic E-state index is -4.16. The molecule has 0 radical (unpaired) electrons. The summed E-state index contributed by atoms with van der Waals surface area (Å²) in [7, 11) is 0. The van der Waals surface area contributed by atoms with E-state index in [0.29, 0.717) is 0 Å². The highest BCUT2D eigenvalue weighted by atomic mass is 19.4. The molecule has 6 heteroatoms. The van der Waals surface area contributed by atoms with Crippen molar-refractivity contribution in [2.75, 3.05) is 6.54 Å². The van der Waals surface area contributed by atoms with Gasteiger partial charge in [-0.1, -0.05) is 0 Å². The van der Waals surface area contributed by atoms with E-state index in [0.717, 1.165) is 5.56 Å². The molecule has 1 N–H and O–H groups in total. The van der Waals surface area contributed by atoms with Crippen LogP contribution in [0.1, 0.15) is 25.5 Å². The summed E-state index contributed by atoms with van der Waals surface area (Å²) in [5, 5.41) is 6.34. The van der Waals surface area contributed by atoms with E-state index < -0.39 is 12.7 Å². The summed E-state index contributed by atoms with van der Waals surface area (Å²) in [4.78, 5) is 0. The number of alkyl halides is 3. The Morgan fingerprint density at radius 3 is 2.60 bits per heavy atom. The van der Waals surface area contributed by atoms with Crippen LogP contribution in [0.5, 0.6) is 0 Å². The Morgan fingerprint density at radius 2 is 2.13 bits per heavy atom. The first-order valence-corrected chi connectivity index (χ1v) is 4.69. The molecule has 0 amide bonds. The Hall–Kier alpha value is -1.04. The van der Waals surface area contributed by atoms with Gasteiger partial charge in [-0.05, 0) is 13.8 Å². The van der Waals surface area contributed by atoms with Crippen molar-refractivity contribution in [3.05, 3.63) is 18.0 Å². The van der Waals surface area contributed by atoms with Crippen molar-refractivity contribution in [2.45, 2.75) is 32.6 Å². The summed E-state index contributed by atoms with van der Waals surface area (Å²) < 4.78 is 37.1. The van der Waals surface area contributed by atoms with E-state index in [2.05, 4.69) is 10.4 Å². The van der Waals surface area contributed by atoms with E-state index >= 15 is 0 Å². The normalized spacial score (nSPS) is 12.4. The van der Waals surface area contributed by atoms with Crippen LogP contribution >= 0.6 is 0 Å². The van der Waals surface area contributed by atoms with Crippen molar-refractivity contribution >= 4 is 0 Å². The zero-order valence-corrected chi connectivity index (χ0v) is 8.67. The minimum Gasteiger partial charge on any atom is -0.304 e. The molecule has 0 aromatic carbocycles. The zero-order chi connectivity index (χ0) is 11.5. The van der Waals surface area contributed by atoms with Gasteiger partial charge in [0.25, 0.3) is 0 Å². The molecule has 86 valence electrons. The van der Waals surface area contributed by atoms with Crippen LogP contribution in [0, 0.1) is 0 Å². The molecule has 0 aliphatic rings. The van der Waals surface area contributed by atoms with Gasteiger partial charge in [0.15, 0.2) is 0 Å². The fourth-order valence-electron chi connectivity index (χ4n) is 1.10. The van der Waals surface area contributed by atoms with Crippen LogP contribution in [-0.2, 0) is 6.54 Å². The molecule has 0 spiro atoms. The molecule has 0 unspecified atom stereocenters. The van der Waals surface area contributed by atoms with Gasteiger partial charge in [-0.15, -0.1) is 0 Å². The van der Waals surface area contributed by atoms with E-state index in [1.165, 1.54) is 0 Å². The molecule has 0 saturated heterocycles. The molecule has 0 saturated carbocycles. The van der Waals surface area contributed by atoms with E-state index in [1.807, 2.05) is 13.8 Å². The van der Waals surface area contributed by atoms with E-state index in [-0.39, 0.29) is 12.6 Å². The third kappa shape index (κ3) is 4.33. The second-order valence-electron chi connectivity index (χ2n) is 3.64. The number of aromatic nitrogens is 2. The maximum atomic E-state index is 11.8. The lowest BCUT2D eigenvalue weighted by atomic mass is 10.3. The smallest absolute Gasteiger partial charge is 0.304 e. The number of hydrogen-bond donors (Lipinski definition) is 1. The number of rotatable bonds is 4. The maximum absolute atomic E-state index is 11.8. The summed E-state index contributed by atoms with van der Waals surface area (Å²) in [5.41, 5.74) is 0.757. The lowest BCUT2D eigenvalue weighted by Gasteiger charge is -2.06. The Balaban J connectivity index is 2.38. The van der Waals surface area contributed by atoms with Crippen LogP contribution in [0.15, 0.2) is 12.4 Å². The van der Waals surface area contributed by atoms with Gasteiger partial charge in [0.1, 0.15) is 0 Å². The first-order chi connectivity index (χ1) is 6.88. The molecular weight excluding hydrogens is 207 g/mol. The van der Waals surface area contributed by atoms with Crippen molar-refractivity contribution in [1.82, 2.24) is 15.1 Å². The van der Waals surface area contributed by atoms with Crippen molar-refractivity contribution in [1.29, 1.82) is 0 Å². The molecular formula is C9H14F3N3. The molecule has 3 nitrogen and oxygen atoms in total. The summed E-state index contributed by atoms with van der Waals surface area (Å²) in [6.07, 6.45) is -0.842. The summed E-state index contributed by atoms with van der Waals surface area (Å²) in [6, 6.07) is 0.223. The largest absolute Gasteiger partial charge is 0.401 e. The van der Waals surface area contributed by atoms with Crippen molar-refractivity contribution in [2.24, 2.45) is 0 Å². The molecule has 0 atom stereocenters. The Labute approximate surface area is 86.3 Å². The molecule has 0 bridgehead atoms. The lowest BCUT2D eigenvalue weighted by molar-refractivity contribution is -0.125. The molecule has 1 aromatic heterocycles. The predicted octanol–water partition coefficient (Wildman–Crippen LogP) is 2.12. The van der Waals surface area contributed by atoms with Crippen LogP contribution in [0.4, 0.5) is 13.2 Å². The van der Waals surface area contributed by atoms with Crippen LogP contribution in [0.25, 0.3) is 0 Å². The molecule has 1 rings (SSSR count). The summed E-state index contributed by atoms with van der Waals surface area (Å²) >= 11 is 0. The van der Waals surface area contributed by atoms with Crippen LogP contribution in [0.2, 0.25) is 0 Å². The number of hydrogen-bond acceptors (Lipinski definition) is 2. The number of nitrogens with zero attached hydrogens (tertiary/aromatic N) is 2. The van der Waals surface area contributed by atoms with Crippen LogP contribution in [-0.4, -0.2) is 22.5 Å². The molecule has 1 heterocycles. The highest BCUT2D eigenvalue weighted by molar-refractivity contribution is 5.03. The minimum absolute atomic E-state index is 0.187. The third-order valence-electron chi connectivity index (χ3n) is 1.84. The maximum Gasteiger partial charge on any atom is 0.401 e. The van der Waals surface area contributed by atoms with Crippen molar-refractivity contribution < 1.29 is 13.2 Å². The second-order valence-corrected chi connectivity index (χ2v) is 3.64. The number of nitrogens with one attached hydrogen (secondary N) is 1. The van der Waals surface area contributed by atoms with Gasteiger partial charge < -0.3 is 5.32 Å². The van der Waals surface area contributed by atoms with Gasteiger partial charge in [0.05, 0.1) is 12.7 Å². The first-order valence-electron chi connectivity index (χ1n) is 4.69. The van der Waals surface area contributed by atoms with Gasteiger partial charge in [0, 0.05) is 24.3 Å². The lowest BCUT2D eigenvalue weighted by Crippen LogP contribution is -2.28. The van der Waals surface area contributed by atoms with Crippen LogP contribution < -0.4 is 5.32 Å². The Kier molecular flexibility index (Phi) is 3.73. The van der Waals surface area contributed by atoms with Gasteiger partial charge in [-0.3, -0.25) is 4.68 Å². The highest BCUT2D eigenvalue weighted by Crippen LogP contribution is 2.12. The monoisotopic (exact) mass is 221 g/mol. The molecule has 15 heavy (non-hydrogen) atoms. The SMILES string of the molecule is CC(C)n1cc(CNCC(F)(F)F)cn1. The zero-order valence-electron chi connectivity index (χ0n) is 8.67. The standard InChI is InChI=1S/C9H14F3N3/c1-7(2)15-5-8(4-14-15)3-13-6-9(10,11)12/h4-5,7,13H,3,6H2,1-2H3. The topological polar surface area (TPSA) is 29.9 Å². The Morgan fingerprint density at radius 1 is 1.47 bits per heavy atom. The van der Waals surface area contributed by atoms with Crippen LogP contribution in [0.3, 0.4) is 0 Å². The Bertz CT molecular complexity index is 304. The fraction of sp³-hybridized carbons (Fsp3) is 0.667. The second kappa shape index (κ2) is 4.65. The fourth-order valence-corrected chi connectivity index (χ4v) is 1.10. The highest BCUT2D eigenvalue weighted by Gasteiger charge is 2.26. The quantitative estimate of drug-likeness (QED) is 0.844. The third-order valence-corrected chi connectivity index (χ3v) is 1.84. The summed E-state index contributed by atoms with van der Waals surface area (Å²) in [6.45, 7) is 3.13. The van der Waals surface area contributed by atoms with E-state index in [9.17, 15) is 13.2 Å². The molecule has 1 aromatic rings.